The van der Waals surface area contributed by atoms with Crippen LogP contribution >= 0.6 is 11.3 Å². The van der Waals surface area contributed by atoms with E-state index < -0.39 is 48.4 Å². The molecule has 0 bridgehead atoms. The van der Waals surface area contributed by atoms with E-state index >= 15 is 0 Å². The monoisotopic (exact) mass is 974 g/mol. The molecule has 0 unspecified atom stereocenters. The largest absolute Gasteiger partial charge is 0.311 e. The van der Waals surface area contributed by atoms with E-state index in [-0.39, 0.29) is 46.1 Å². The van der Waals surface area contributed by atoms with Gasteiger partial charge in [-0.05, 0) is 145 Å². The third-order valence-corrected chi connectivity index (χ3v) is 15.7. The number of nitrogens with zero attached hydrogens (tertiary/aromatic N) is 3. The molecule has 0 aliphatic carbocycles. The fourth-order valence-electron chi connectivity index (χ4n) is 10.6. The lowest BCUT2D eigenvalue weighted by molar-refractivity contribution is 0.590. The van der Waals surface area contributed by atoms with E-state index in [9.17, 15) is 5.48 Å². The summed E-state index contributed by atoms with van der Waals surface area (Å²) in [4.78, 5) is 6.62. The zero-order chi connectivity index (χ0) is 59.1. The van der Waals surface area contributed by atoms with Gasteiger partial charge in [0.05, 0.1) is 25.1 Å². The standard InChI is InChI=1S/C68H62BN3S/c1-66(2,3)48-30-34-53(35-31-48)71-60-40-47(45-22-14-10-15-23-45)41-61-63(60)69(65-64(71)56-43-50(68(7,8)9)33-39-62(56)73-65)57-37-36-54(70(51-26-18-12-19-27-51)52-28-20-13-21-29-52)44-59(57)72(61)58-38-32-49(67(4,5)6)42-55(58)46-24-16-11-17-25-46/h10-44H,1-9H3/i10D,11D,14D,15D,16D,17D,22D,23D,24D,25D. The first-order chi connectivity index (χ1) is 39.3. The minimum absolute atomic E-state index is 0.0263. The Kier molecular flexibility index (Phi) is 8.74. The molecular formula is C68H62BN3S. The van der Waals surface area contributed by atoms with E-state index in [4.69, 9.17) is 8.22 Å². The third kappa shape index (κ3) is 8.15. The highest BCUT2D eigenvalue weighted by Gasteiger charge is 2.46. The fourth-order valence-corrected chi connectivity index (χ4v) is 11.9. The summed E-state index contributed by atoms with van der Waals surface area (Å²) in [7, 11) is 0. The van der Waals surface area contributed by atoms with Crippen molar-refractivity contribution in [3.05, 3.63) is 229 Å². The molecule has 1 aromatic heterocycles. The molecule has 0 saturated heterocycles. The Bertz CT molecular complexity index is 4200. The van der Waals surface area contributed by atoms with E-state index in [2.05, 4.69) is 162 Å². The molecule has 10 aromatic rings. The van der Waals surface area contributed by atoms with Gasteiger partial charge in [-0.2, -0.15) is 0 Å². The number of thiophene rings is 1. The van der Waals surface area contributed by atoms with Crippen molar-refractivity contribution in [2.45, 2.75) is 78.6 Å². The molecule has 3 nitrogen and oxygen atoms in total. The summed E-state index contributed by atoms with van der Waals surface area (Å²) in [6.45, 7) is 19.0. The van der Waals surface area contributed by atoms with Crippen LogP contribution in [0.2, 0.25) is 0 Å². The highest BCUT2D eigenvalue weighted by Crippen LogP contribution is 2.52. The van der Waals surface area contributed by atoms with E-state index in [1.54, 1.807) is 11.3 Å². The van der Waals surface area contributed by atoms with Crippen molar-refractivity contribution >= 4 is 95.0 Å². The van der Waals surface area contributed by atoms with Crippen molar-refractivity contribution in [2.24, 2.45) is 0 Å². The molecule has 0 spiro atoms. The van der Waals surface area contributed by atoms with Gasteiger partial charge in [-0.1, -0.05) is 189 Å². The van der Waals surface area contributed by atoms with E-state index in [1.807, 2.05) is 66.7 Å². The maximum Gasteiger partial charge on any atom is 0.264 e. The molecule has 0 N–H and O–H groups in total. The van der Waals surface area contributed by atoms with Crippen LogP contribution in [0, 0.1) is 0 Å². The summed E-state index contributed by atoms with van der Waals surface area (Å²) < 4.78 is 94.2. The molecule has 9 aromatic carbocycles. The maximum absolute atomic E-state index is 9.60. The third-order valence-electron chi connectivity index (χ3n) is 14.5. The summed E-state index contributed by atoms with van der Waals surface area (Å²) in [5, 5.41) is 1.05. The number of hydrogen-bond acceptors (Lipinski definition) is 4. The highest BCUT2D eigenvalue weighted by molar-refractivity contribution is 7.33. The molecule has 5 heteroatoms. The quantitative estimate of drug-likeness (QED) is 0.147. The Balaban J connectivity index is 1.29. The van der Waals surface area contributed by atoms with Gasteiger partial charge in [0, 0.05) is 60.2 Å². The molecule has 358 valence electrons. The zero-order valence-electron chi connectivity index (χ0n) is 52.8. The predicted molar refractivity (Wildman–Crippen MR) is 318 cm³/mol. The zero-order valence-corrected chi connectivity index (χ0v) is 43.6. The molecule has 3 heterocycles. The Morgan fingerprint density at radius 3 is 1.60 bits per heavy atom. The summed E-state index contributed by atoms with van der Waals surface area (Å²) in [5.41, 5.74) is 12.1. The number of hydrogen-bond donors (Lipinski definition) is 0. The van der Waals surface area contributed by atoms with Crippen LogP contribution in [-0.4, -0.2) is 6.71 Å². The predicted octanol–water partition coefficient (Wildman–Crippen LogP) is 17.7. The van der Waals surface area contributed by atoms with Crippen molar-refractivity contribution < 1.29 is 13.7 Å². The van der Waals surface area contributed by atoms with Crippen molar-refractivity contribution in [1.29, 1.82) is 0 Å². The minimum Gasteiger partial charge on any atom is -0.311 e. The SMILES string of the molecule is [2H]c1c([2H])c([2H])c(-c2cc3c4c(c2)N(c2ccc(C(C)(C)C)cc2)c2c(sc5ccc(C(C)(C)C)cc25)B4c2ccc(N(c4ccccc4)c4ccccc4)cc2N3c2ccc(C(C)(C)C)cc2-c2c([2H])c([2H])c([2H])c([2H])c2[2H])c([2H])c1[2H]. The summed E-state index contributed by atoms with van der Waals surface area (Å²) in [5.74, 6) is 0. The van der Waals surface area contributed by atoms with Crippen LogP contribution in [0.3, 0.4) is 0 Å². The van der Waals surface area contributed by atoms with E-state index in [0.717, 1.165) is 82.3 Å². The first-order valence-electron chi connectivity index (χ1n) is 30.0. The molecule has 0 atom stereocenters. The topological polar surface area (TPSA) is 9.72 Å². The Morgan fingerprint density at radius 2 is 1.00 bits per heavy atom. The normalized spacial score (nSPS) is 15.1. The van der Waals surface area contributed by atoms with Crippen LogP contribution in [0.5, 0.6) is 0 Å². The molecule has 12 rings (SSSR count). The molecule has 0 amide bonds. The van der Waals surface area contributed by atoms with Crippen molar-refractivity contribution in [1.82, 2.24) is 0 Å². The lowest BCUT2D eigenvalue weighted by Gasteiger charge is -2.44. The van der Waals surface area contributed by atoms with Crippen molar-refractivity contribution in [2.75, 3.05) is 14.7 Å². The van der Waals surface area contributed by atoms with Gasteiger partial charge < -0.3 is 14.7 Å². The number of fused-ring (bicyclic) bond motifs is 6. The van der Waals surface area contributed by atoms with Crippen LogP contribution in [0.15, 0.2) is 212 Å². The maximum atomic E-state index is 9.60. The molecule has 0 saturated carbocycles. The van der Waals surface area contributed by atoms with Gasteiger partial charge in [-0.15, -0.1) is 11.3 Å². The average molecular weight is 974 g/mol. The summed E-state index contributed by atoms with van der Waals surface area (Å²) in [6, 6.07) is 47.8. The van der Waals surface area contributed by atoms with Gasteiger partial charge in [0.25, 0.3) is 6.71 Å². The van der Waals surface area contributed by atoms with Gasteiger partial charge in [0.2, 0.25) is 0 Å². The van der Waals surface area contributed by atoms with Crippen LogP contribution in [0.1, 0.15) is 92.7 Å². The average Bonchev–Trinajstić information content (AvgIpc) is 1.74. The fraction of sp³-hybridized carbons (Fsp3) is 0.176. The lowest BCUT2D eigenvalue weighted by atomic mass is 9.36. The molecule has 0 radical (unpaired) electrons. The van der Waals surface area contributed by atoms with Crippen LogP contribution in [-0.2, 0) is 16.2 Å². The second-order valence-electron chi connectivity index (χ2n) is 22.3. The van der Waals surface area contributed by atoms with Crippen LogP contribution < -0.4 is 30.4 Å². The molecule has 2 aliphatic heterocycles. The van der Waals surface area contributed by atoms with Gasteiger partial charge in [-0.25, -0.2) is 0 Å². The van der Waals surface area contributed by atoms with E-state index in [1.165, 1.54) is 0 Å². The first kappa shape index (κ1) is 36.3. The highest BCUT2D eigenvalue weighted by atomic mass is 32.1. The van der Waals surface area contributed by atoms with Gasteiger partial charge >= 0.3 is 0 Å². The number of rotatable bonds is 7. The Labute approximate surface area is 451 Å². The number of anilines is 9. The number of benzene rings is 9. The molecule has 0 fully saturated rings. The molecule has 73 heavy (non-hydrogen) atoms. The molecule has 2 aliphatic rings. The van der Waals surface area contributed by atoms with Gasteiger partial charge in [0.1, 0.15) is 0 Å². The summed E-state index contributed by atoms with van der Waals surface area (Å²) in [6.07, 6.45) is 0. The Morgan fingerprint density at radius 1 is 0.452 bits per heavy atom. The van der Waals surface area contributed by atoms with Crippen LogP contribution in [0.25, 0.3) is 32.3 Å². The second kappa shape index (κ2) is 17.6. The van der Waals surface area contributed by atoms with Gasteiger partial charge in [-0.3, -0.25) is 0 Å². The summed E-state index contributed by atoms with van der Waals surface area (Å²) >= 11 is 1.74. The second-order valence-corrected chi connectivity index (χ2v) is 23.4. The van der Waals surface area contributed by atoms with E-state index in [0.29, 0.717) is 22.5 Å². The first-order valence-corrected chi connectivity index (χ1v) is 25.9. The van der Waals surface area contributed by atoms with Crippen LogP contribution in [0.4, 0.5) is 51.2 Å². The molecular weight excluding hydrogens is 902 g/mol. The minimum atomic E-state index is -0.501. The van der Waals surface area contributed by atoms with Crippen molar-refractivity contribution in [3.8, 4) is 22.3 Å². The van der Waals surface area contributed by atoms with Crippen molar-refractivity contribution in [3.63, 3.8) is 0 Å². The number of para-hydroxylation sites is 2. The lowest BCUT2D eigenvalue weighted by Crippen LogP contribution is -2.60. The Hall–Kier alpha value is -7.60. The van der Waals surface area contributed by atoms with Gasteiger partial charge in [0.15, 0.2) is 0 Å². The smallest absolute Gasteiger partial charge is 0.264 e.